The zero-order valence-corrected chi connectivity index (χ0v) is 9.21. The van der Waals surface area contributed by atoms with Crippen LogP contribution in [-0.2, 0) is 0 Å². The van der Waals surface area contributed by atoms with E-state index < -0.39 is 0 Å². The average Bonchev–Trinajstić information content (AvgIpc) is 2.15. The lowest BCUT2D eigenvalue weighted by Gasteiger charge is -2.16. The summed E-state index contributed by atoms with van der Waals surface area (Å²) >= 11 is 0. The number of nitrogens with two attached hydrogens (primary N) is 1. The quantitative estimate of drug-likeness (QED) is 0.665. The van der Waals surface area contributed by atoms with E-state index in [-0.39, 0.29) is 11.6 Å². The molecule has 0 radical (unpaired) electrons. The van der Waals surface area contributed by atoms with Gasteiger partial charge < -0.3 is 16.0 Å². The molecule has 1 rings (SSSR count). The number of anilines is 1. The van der Waals surface area contributed by atoms with Crippen molar-refractivity contribution in [1.82, 2.24) is 9.97 Å². The fourth-order valence-electron chi connectivity index (χ4n) is 1.44. The largest absolute Gasteiger partial charge is 0.367 e. The van der Waals surface area contributed by atoms with Crippen LogP contribution >= 0.6 is 0 Å². The molecule has 0 spiro atoms. The summed E-state index contributed by atoms with van der Waals surface area (Å²) in [4.78, 5) is 18.0. The maximum atomic E-state index is 11.2. The van der Waals surface area contributed by atoms with Gasteiger partial charge in [-0.2, -0.15) is 0 Å². The lowest BCUT2D eigenvalue weighted by molar-refractivity contribution is 0.638. The molecule has 0 saturated heterocycles. The molecule has 5 nitrogen and oxygen atoms in total. The number of aromatic amines is 1. The second kappa shape index (κ2) is 5.50. The van der Waals surface area contributed by atoms with Gasteiger partial charge in [0.25, 0.3) is 5.56 Å². The second-order valence-electron chi connectivity index (χ2n) is 3.54. The van der Waals surface area contributed by atoms with E-state index in [0.717, 1.165) is 12.8 Å². The number of nitrogens with zero attached hydrogens (tertiary/aromatic N) is 1. The van der Waals surface area contributed by atoms with Gasteiger partial charge in [0.2, 0.25) is 0 Å². The molecule has 4 N–H and O–H groups in total. The highest BCUT2D eigenvalue weighted by molar-refractivity contribution is 5.34. The molecule has 0 aliphatic heterocycles. The molecule has 1 aromatic heterocycles. The molecule has 0 aliphatic rings. The van der Waals surface area contributed by atoms with Crippen LogP contribution in [0.15, 0.2) is 10.9 Å². The molecule has 1 aromatic rings. The van der Waals surface area contributed by atoms with E-state index in [4.69, 9.17) is 5.73 Å². The van der Waals surface area contributed by atoms with E-state index in [2.05, 4.69) is 22.2 Å². The highest BCUT2D eigenvalue weighted by atomic mass is 16.1. The van der Waals surface area contributed by atoms with Crippen LogP contribution in [0.1, 0.15) is 25.6 Å². The van der Waals surface area contributed by atoms with Gasteiger partial charge in [0, 0.05) is 12.1 Å². The molecule has 1 unspecified atom stereocenters. The summed E-state index contributed by atoms with van der Waals surface area (Å²) in [5.74, 6) is 1.24. The van der Waals surface area contributed by atoms with Crippen molar-refractivity contribution >= 4 is 5.82 Å². The Morgan fingerprint density at radius 2 is 2.40 bits per heavy atom. The Kier molecular flexibility index (Phi) is 4.30. The Labute approximate surface area is 89.1 Å². The first-order valence-corrected chi connectivity index (χ1v) is 5.20. The minimum absolute atomic E-state index is 0.132. The third-order valence-corrected chi connectivity index (χ3v) is 2.22. The van der Waals surface area contributed by atoms with Crippen LogP contribution in [0.3, 0.4) is 0 Å². The van der Waals surface area contributed by atoms with Crippen LogP contribution in [0.4, 0.5) is 5.82 Å². The number of H-pyrrole nitrogens is 1. The van der Waals surface area contributed by atoms with Crippen molar-refractivity contribution in [2.75, 3.05) is 11.9 Å². The van der Waals surface area contributed by atoms with Crippen LogP contribution in [0.2, 0.25) is 0 Å². The first-order valence-electron chi connectivity index (χ1n) is 5.20. The van der Waals surface area contributed by atoms with Crippen molar-refractivity contribution in [3.05, 3.63) is 22.2 Å². The minimum atomic E-state index is -0.132. The maximum Gasteiger partial charge on any atom is 0.252 e. The van der Waals surface area contributed by atoms with Crippen molar-refractivity contribution in [3.63, 3.8) is 0 Å². The van der Waals surface area contributed by atoms with Crippen LogP contribution in [-0.4, -0.2) is 22.6 Å². The normalized spacial score (nSPS) is 12.5. The van der Waals surface area contributed by atoms with Gasteiger partial charge in [0.15, 0.2) is 0 Å². The summed E-state index contributed by atoms with van der Waals surface area (Å²) in [5.41, 5.74) is 5.36. The molecular formula is C10H18N4O. The number of nitrogens with one attached hydrogen (secondary N) is 2. The molecule has 1 heterocycles. The van der Waals surface area contributed by atoms with Crippen molar-refractivity contribution in [1.29, 1.82) is 0 Å². The molecule has 0 amide bonds. The number of aryl methyl sites for hydroxylation is 1. The van der Waals surface area contributed by atoms with Crippen LogP contribution < -0.4 is 16.6 Å². The summed E-state index contributed by atoms with van der Waals surface area (Å²) < 4.78 is 0. The molecule has 84 valence electrons. The monoisotopic (exact) mass is 210 g/mol. The van der Waals surface area contributed by atoms with Gasteiger partial charge >= 0.3 is 0 Å². The molecule has 0 fully saturated rings. The van der Waals surface area contributed by atoms with E-state index in [9.17, 15) is 4.79 Å². The Morgan fingerprint density at radius 1 is 1.67 bits per heavy atom. The molecule has 1 atom stereocenters. The van der Waals surface area contributed by atoms with E-state index in [1.165, 1.54) is 6.07 Å². The Bertz CT molecular complexity index is 361. The first kappa shape index (κ1) is 11.7. The van der Waals surface area contributed by atoms with E-state index in [1.807, 2.05) is 0 Å². The molecule has 15 heavy (non-hydrogen) atoms. The maximum absolute atomic E-state index is 11.2. The highest BCUT2D eigenvalue weighted by Gasteiger charge is 2.06. The van der Waals surface area contributed by atoms with Crippen LogP contribution in [0.5, 0.6) is 0 Å². The lowest BCUT2D eigenvalue weighted by atomic mass is 10.1. The topological polar surface area (TPSA) is 83.8 Å². The Balaban J connectivity index is 2.74. The number of hydrogen-bond acceptors (Lipinski definition) is 4. The molecule has 5 heteroatoms. The molecule has 0 saturated carbocycles. The van der Waals surface area contributed by atoms with Crippen LogP contribution in [0, 0.1) is 6.92 Å². The fraction of sp³-hybridized carbons (Fsp3) is 0.600. The van der Waals surface area contributed by atoms with E-state index in [1.54, 1.807) is 6.92 Å². The van der Waals surface area contributed by atoms with Gasteiger partial charge in [-0.05, 0) is 26.3 Å². The molecule has 0 aromatic carbocycles. The van der Waals surface area contributed by atoms with Gasteiger partial charge in [0.05, 0.1) is 0 Å². The SMILES string of the molecule is CCC(CCN)Nc1cc(=O)[nH]c(C)n1. The summed E-state index contributed by atoms with van der Waals surface area (Å²) in [5, 5.41) is 3.20. The Morgan fingerprint density at radius 3 is 2.93 bits per heavy atom. The third-order valence-electron chi connectivity index (χ3n) is 2.22. The smallest absolute Gasteiger partial charge is 0.252 e. The second-order valence-corrected chi connectivity index (χ2v) is 3.54. The third kappa shape index (κ3) is 3.71. The standard InChI is InChI=1S/C10H18N4O/c1-3-8(4-5-11)14-9-6-10(15)13-7(2)12-9/h6,8H,3-5,11H2,1-2H3,(H2,12,13,14,15). The summed E-state index contributed by atoms with van der Waals surface area (Å²) in [7, 11) is 0. The van der Waals surface area contributed by atoms with Gasteiger partial charge in [-0.25, -0.2) is 4.98 Å². The minimum Gasteiger partial charge on any atom is -0.367 e. The molecule has 0 bridgehead atoms. The number of rotatable bonds is 5. The van der Waals surface area contributed by atoms with Crippen LogP contribution in [0.25, 0.3) is 0 Å². The summed E-state index contributed by atoms with van der Waals surface area (Å²) in [6.45, 7) is 4.47. The van der Waals surface area contributed by atoms with Gasteiger partial charge in [-0.3, -0.25) is 4.79 Å². The highest BCUT2D eigenvalue weighted by Crippen LogP contribution is 2.06. The van der Waals surface area contributed by atoms with Gasteiger partial charge in [-0.1, -0.05) is 6.92 Å². The number of aromatic nitrogens is 2. The van der Waals surface area contributed by atoms with Gasteiger partial charge in [-0.15, -0.1) is 0 Å². The van der Waals surface area contributed by atoms with Crippen molar-refractivity contribution in [3.8, 4) is 0 Å². The zero-order valence-electron chi connectivity index (χ0n) is 9.21. The molecule has 0 aliphatic carbocycles. The first-order chi connectivity index (χ1) is 7.15. The Hall–Kier alpha value is -1.36. The number of hydrogen-bond donors (Lipinski definition) is 3. The van der Waals surface area contributed by atoms with Crippen molar-refractivity contribution < 1.29 is 0 Å². The lowest BCUT2D eigenvalue weighted by Crippen LogP contribution is -2.24. The fourth-order valence-corrected chi connectivity index (χ4v) is 1.44. The van der Waals surface area contributed by atoms with Gasteiger partial charge in [0.1, 0.15) is 11.6 Å². The summed E-state index contributed by atoms with van der Waals surface area (Å²) in [6.07, 6.45) is 1.84. The predicted molar refractivity (Wildman–Crippen MR) is 61.0 cm³/mol. The zero-order chi connectivity index (χ0) is 11.3. The predicted octanol–water partition coefficient (Wildman–Crippen LogP) is 0.618. The van der Waals surface area contributed by atoms with E-state index >= 15 is 0 Å². The average molecular weight is 210 g/mol. The van der Waals surface area contributed by atoms with Crippen molar-refractivity contribution in [2.24, 2.45) is 5.73 Å². The van der Waals surface area contributed by atoms with E-state index in [0.29, 0.717) is 18.2 Å². The van der Waals surface area contributed by atoms with Crippen molar-refractivity contribution in [2.45, 2.75) is 32.7 Å². The molecular weight excluding hydrogens is 192 g/mol. The summed E-state index contributed by atoms with van der Waals surface area (Å²) in [6, 6.07) is 1.75.